The SMILES string of the molecule is O=C(CCCOc1ccc(Cl)cc1Cl)NNC(=O)CCN=C1NS(=O)(=O)c2ccccc21. The molecule has 2 aromatic rings. The van der Waals surface area contributed by atoms with Crippen LogP contribution in [0.15, 0.2) is 52.4 Å². The molecule has 1 aliphatic heterocycles. The van der Waals surface area contributed by atoms with E-state index in [1.54, 1.807) is 36.4 Å². The molecule has 0 bridgehead atoms. The van der Waals surface area contributed by atoms with Gasteiger partial charge in [0.2, 0.25) is 11.8 Å². The number of fused-ring (bicyclic) bond motifs is 1. The van der Waals surface area contributed by atoms with Gasteiger partial charge < -0.3 is 4.74 Å². The van der Waals surface area contributed by atoms with Gasteiger partial charge in [0.15, 0.2) is 0 Å². The number of halogens is 2. The molecule has 0 fully saturated rings. The van der Waals surface area contributed by atoms with Crippen molar-refractivity contribution in [3.63, 3.8) is 0 Å². The fraction of sp³-hybridized carbons (Fsp3) is 0.250. The van der Waals surface area contributed by atoms with Crippen LogP contribution in [-0.4, -0.2) is 39.2 Å². The van der Waals surface area contributed by atoms with Gasteiger partial charge in [0, 0.05) is 23.4 Å². The summed E-state index contributed by atoms with van der Waals surface area (Å²) in [4.78, 5) is 28.0. The lowest BCUT2D eigenvalue weighted by molar-refractivity contribution is -0.128. The van der Waals surface area contributed by atoms with Gasteiger partial charge in [-0.2, -0.15) is 0 Å². The number of hydrogen-bond acceptors (Lipinski definition) is 6. The minimum absolute atomic E-state index is 0.0359. The number of hydrazine groups is 1. The van der Waals surface area contributed by atoms with Crippen LogP contribution in [0.5, 0.6) is 5.75 Å². The van der Waals surface area contributed by atoms with Crippen molar-refractivity contribution in [2.75, 3.05) is 13.2 Å². The van der Waals surface area contributed by atoms with E-state index in [-0.39, 0.29) is 42.6 Å². The molecule has 32 heavy (non-hydrogen) atoms. The van der Waals surface area contributed by atoms with Crippen LogP contribution >= 0.6 is 23.2 Å². The first-order valence-corrected chi connectivity index (χ1v) is 11.8. The van der Waals surface area contributed by atoms with Crippen LogP contribution in [0.4, 0.5) is 0 Å². The molecule has 0 spiro atoms. The predicted octanol–water partition coefficient (Wildman–Crippen LogP) is 2.43. The molecule has 1 heterocycles. The van der Waals surface area contributed by atoms with Crippen molar-refractivity contribution < 1.29 is 22.7 Å². The van der Waals surface area contributed by atoms with E-state index in [0.717, 1.165) is 0 Å². The molecular formula is C20H20Cl2N4O5S. The van der Waals surface area contributed by atoms with E-state index in [9.17, 15) is 18.0 Å². The van der Waals surface area contributed by atoms with Crippen molar-refractivity contribution in [1.82, 2.24) is 15.6 Å². The number of nitrogens with zero attached hydrogens (tertiary/aromatic N) is 1. The number of benzene rings is 2. The van der Waals surface area contributed by atoms with Gasteiger partial charge in [0.1, 0.15) is 11.6 Å². The molecule has 0 saturated heterocycles. The number of rotatable bonds is 8. The molecule has 0 atom stereocenters. The molecule has 9 nitrogen and oxygen atoms in total. The van der Waals surface area contributed by atoms with E-state index >= 15 is 0 Å². The molecule has 0 unspecified atom stereocenters. The fourth-order valence-electron chi connectivity index (χ4n) is 2.79. The summed E-state index contributed by atoms with van der Waals surface area (Å²) in [7, 11) is -3.62. The molecule has 12 heteroatoms. The molecule has 0 saturated carbocycles. The van der Waals surface area contributed by atoms with Gasteiger partial charge in [-0.15, -0.1) is 0 Å². The standard InChI is InChI=1S/C20H20Cl2N4O5S/c21-13-7-8-16(15(22)12-13)31-11-3-6-18(27)24-25-19(28)9-10-23-20-14-4-1-2-5-17(14)32(29,30)26-20/h1-2,4-5,7-8,12H,3,6,9-11H2,(H,23,26)(H,24,27)(H,25,28). The highest BCUT2D eigenvalue weighted by Gasteiger charge is 2.29. The zero-order valence-corrected chi connectivity index (χ0v) is 19.1. The third kappa shape index (κ3) is 6.35. The number of sulfonamides is 1. The van der Waals surface area contributed by atoms with E-state index in [4.69, 9.17) is 27.9 Å². The highest BCUT2D eigenvalue weighted by Crippen LogP contribution is 2.27. The van der Waals surface area contributed by atoms with Crippen LogP contribution in [0.1, 0.15) is 24.8 Å². The van der Waals surface area contributed by atoms with E-state index < -0.39 is 15.9 Å². The summed E-state index contributed by atoms with van der Waals surface area (Å²) in [6, 6.07) is 11.3. The molecular weight excluding hydrogens is 479 g/mol. The first-order chi connectivity index (χ1) is 15.3. The Morgan fingerprint density at radius 1 is 1.03 bits per heavy atom. The monoisotopic (exact) mass is 498 g/mol. The summed E-state index contributed by atoms with van der Waals surface area (Å²) < 4.78 is 31.9. The topological polar surface area (TPSA) is 126 Å². The first-order valence-electron chi connectivity index (χ1n) is 9.58. The Morgan fingerprint density at radius 2 is 1.75 bits per heavy atom. The van der Waals surface area contributed by atoms with Gasteiger partial charge in [-0.1, -0.05) is 35.3 Å². The number of carbonyl (C=O) groups excluding carboxylic acids is 2. The molecule has 170 valence electrons. The van der Waals surface area contributed by atoms with Gasteiger partial charge in [-0.25, -0.2) is 8.42 Å². The summed E-state index contributed by atoms with van der Waals surface area (Å²) >= 11 is 11.8. The number of hydrogen-bond donors (Lipinski definition) is 3. The van der Waals surface area contributed by atoms with Crippen molar-refractivity contribution in [2.45, 2.75) is 24.2 Å². The van der Waals surface area contributed by atoms with Crippen molar-refractivity contribution >= 4 is 50.9 Å². The van der Waals surface area contributed by atoms with Gasteiger partial charge in [0.25, 0.3) is 10.0 Å². The zero-order valence-electron chi connectivity index (χ0n) is 16.7. The van der Waals surface area contributed by atoms with Crippen molar-refractivity contribution in [3.05, 3.63) is 58.1 Å². The van der Waals surface area contributed by atoms with Gasteiger partial charge >= 0.3 is 0 Å². The third-order valence-corrected chi connectivity index (χ3v) is 6.24. The molecule has 3 N–H and O–H groups in total. The summed E-state index contributed by atoms with van der Waals surface area (Å²) in [5.41, 5.74) is 5.07. The molecule has 2 amide bonds. The summed E-state index contributed by atoms with van der Waals surface area (Å²) in [6.45, 7) is 0.307. The molecule has 0 radical (unpaired) electrons. The first kappa shape index (κ1) is 23.8. The maximum atomic E-state index is 12.0. The Kier molecular flexibility index (Phi) is 7.94. The summed E-state index contributed by atoms with van der Waals surface area (Å²) in [5, 5.41) is 0.880. The van der Waals surface area contributed by atoms with E-state index in [1.807, 2.05) is 0 Å². The lowest BCUT2D eigenvalue weighted by atomic mass is 10.2. The Bertz CT molecular complexity index is 1150. The normalized spacial score (nSPS) is 15.0. The van der Waals surface area contributed by atoms with Crippen LogP contribution in [0.3, 0.4) is 0 Å². The maximum absolute atomic E-state index is 12.0. The lowest BCUT2D eigenvalue weighted by Gasteiger charge is -2.09. The fourth-order valence-corrected chi connectivity index (χ4v) is 4.51. The van der Waals surface area contributed by atoms with E-state index in [0.29, 0.717) is 27.8 Å². The maximum Gasteiger partial charge on any atom is 0.263 e. The van der Waals surface area contributed by atoms with Crippen LogP contribution in [0, 0.1) is 0 Å². The third-order valence-electron chi connectivity index (χ3n) is 4.31. The van der Waals surface area contributed by atoms with Crippen molar-refractivity contribution in [3.8, 4) is 5.75 Å². The second-order valence-electron chi connectivity index (χ2n) is 6.71. The van der Waals surface area contributed by atoms with Gasteiger partial charge in [-0.05, 0) is 36.8 Å². The van der Waals surface area contributed by atoms with E-state index in [1.165, 1.54) is 6.07 Å². The quantitative estimate of drug-likeness (QED) is 0.380. The molecule has 1 aliphatic rings. The minimum atomic E-state index is -3.62. The van der Waals surface area contributed by atoms with Crippen LogP contribution in [0.2, 0.25) is 10.0 Å². The van der Waals surface area contributed by atoms with Gasteiger partial charge in [0.05, 0.1) is 23.1 Å². The highest BCUT2D eigenvalue weighted by atomic mass is 35.5. The summed E-state index contributed by atoms with van der Waals surface area (Å²) in [5.74, 6) is -0.175. The number of amidine groups is 1. The van der Waals surface area contributed by atoms with Crippen LogP contribution in [-0.2, 0) is 19.6 Å². The Morgan fingerprint density at radius 3 is 2.50 bits per heavy atom. The Hall–Kier alpha value is -2.82. The molecule has 3 rings (SSSR count). The smallest absolute Gasteiger partial charge is 0.263 e. The van der Waals surface area contributed by atoms with Crippen molar-refractivity contribution in [2.24, 2.45) is 4.99 Å². The van der Waals surface area contributed by atoms with E-state index in [2.05, 4.69) is 20.6 Å². The highest BCUT2D eigenvalue weighted by molar-refractivity contribution is 7.90. The van der Waals surface area contributed by atoms with Crippen molar-refractivity contribution in [1.29, 1.82) is 0 Å². The Labute approximate surface area is 195 Å². The molecule has 2 aromatic carbocycles. The average molecular weight is 499 g/mol. The van der Waals surface area contributed by atoms with Crippen LogP contribution < -0.4 is 20.3 Å². The number of nitrogens with one attached hydrogen (secondary N) is 3. The molecule has 0 aliphatic carbocycles. The van der Waals surface area contributed by atoms with Gasteiger partial charge in [-0.3, -0.25) is 30.2 Å². The largest absolute Gasteiger partial charge is 0.492 e. The minimum Gasteiger partial charge on any atom is -0.492 e. The second-order valence-corrected chi connectivity index (χ2v) is 9.20. The number of carbonyl (C=O) groups is 2. The Balaban J connectivity index is 1.34. The lowest BCUT2D eigenvalue weighted by Crippen LogP contribution is -2.41. The second kappa shape index (κ2) is 10.7. The predicted molar refractivity (Wildman–Crippen MR) is 120 cm³/mol. The number of aliphatic imine (C=N–C) groups is 1. The average Bonchev–Trinajstić information content (AvgIpc) is 3.01. The molecule has 0 aromatic heterocycles. The number of ether oxygens (including phenoxy) is 1. The van der Waals surface area contributed by atoms with Crippen LogP contribution in [0.25, 0.3) is 0 Å². The summed E-state index contributed by atoms with van der Waals surface area (Å²) in [6.07, 6.45) is 0.506. The zero-order chi connectivity index (χ0) is 23.1. The number of amides is 2.